The second-order valence-corrected chi connectivity index (χ2v) is 8.00. The molecule has 1 saturated carbocycles. The van der Waals surface area contributed by atoms with Gasteiger partial charge in [-0.25, -0.2) is 0 Å². The average molecular weight is 412 g/mol. The fourth-order valence-corrected chi connectivity index (χ4v) is 4.22. The number of amides is 1. The van der Waals surface area contributed by atoms with Gasteiger partial charge in [0.25, 0.3) is 5.91 Å². The topological polar surface area (TPSA) is 76.1 Å². The summed E-state index contributed by atoms with van der Waals surface area (Å²) < 4.78 is 0. The van der Waals surface area contributed by atoms with Crippen LogP contribution in [0.25, 0.3) is 0 Å². The van der Waals surface area contributed by atoms with Crippen LogP contribution >= 0.6 is 0 Å². The van der Waals surface area contributed by atoms with Crippen molar-refractivity contribution in [1.82, 2.24) is 10.3 Å². The first-order valence-electron chi connectivity index (χ1n) is 10.4. The minimum Gasteiger partial charge on any atom is -0.350 e. The lowest BCUT2D eigenvalue weighted by molar-refractivity contribution is 0.0944. The van der Waals surface area contributed by atoms with E-state index in [1.54, 1.807) is 38.2 Å². The SMILES string of the molecule is CC(=O)c1ccc(C2C(CNC(=O)c3ccccn3)[C@H]2c2ccc(C(C)=O)cc2)cc1. The van der Waals surface area contributed by atoms with Crippen LogP contribution in [0.3, 0.4) is 0 Å². The van der Waals surface area contributed by atoms with Crippen molar-refractivity contribution >= 4 is 17.5 Å². The Bertz CT molecular complexity index is 1040. The standard InChI is InChI=1S/C26H24N2O3/c1-16(29)18-6-10-20(11-7-18)24-22(15-28-26(31)23-5-3-4-14-27-23)25(24)21-12-8-19(9-13-21)17(2)30/h3-14,22,24-25H,15H2,1-2H3,(H,28,31)/t22?,24-,25?/m1/s1. The molecular weight excluding hydrogens is 388 g/mol. The number of carbonyl (C=O) groups excluding carboxylic acids is 3. The monoisotopic (exact) mass is 412 g/mol. The Labute approximate surface area is 181 Å². The first-order chi connectivity index (χ1) is 15.0. The Morgan fingerprint density at radius 3 is 1.71 bits per heavy atom. The molecule has 1 N–H and O–H groups in total. The lowest BCUT2D eigenvalue weighted by atomic mass is 10.0. The van der Waals surface area contributed by atoms with E-state index in [9.17, 15) is 14.4 Å². The smallest absolute Gasteiger partial charge is 0.269 e. The molecule has 1 heterocycles. The molecule has 3 atom stereocenters. The fraction of sp³-hybridized carbons (Fsp3) is 0.231. The van der Waals surface area contributed by atoms with Crippen LogP contribution in [0.1, 0.15) is 68.0 Å². The van der Waals surface area contributed by atoms with E-state index in [0.29, 0.717) is 23.4 Å². The van der Waals surface area contributed by atoms with Crippen LogP contribution in [0.5, 0.6) is 0 Å². The third-order valence-corrected chi connectivity index (χ3v) is 5.97. The summed E-state index contributed by atoms with van der Waals surface area (Å²) in [6.07, 6.45) is 1.60. The maximum atomic E-state index is 12.5. The summed E-state index contributed by atoms with van der Waals surface area (Å²) in [5.74, 6) is 0.570. The molecule has 2 unspecified atom stereocenters. The van der Waals surface area contributed by atoms with Crippen molar-refractivity contribution < 1.29 is 14.4 Å². The summed E-state index contributed by atoms with van der Waals surface area (Å²) in [4.78, 5) is 39.8. The highest BCUT2D eigenvalue weighted by molar-refractivity contribution is 5.94. The van der Waals surface area contributed by atoms with Gasteiger partial charge in [0.05, 0.1) is 0 Å². The van der Waals surface area contributed by atoms with Gasteiger partial charge in [0.15, 0.2) is 11.6 Å². The average Bonchev–Trinajstić information content (AvgIpc) is 3.52. The molecular formula is C26H24N2O3. The van der Waals surface area contributed by atoms with Crippen LogP contribution in [-0.2, 0) is 0 Å². The minimum absolute atomic E-state index is 0.0397. The number of Topliss-reactive ketones (excluding diaryl/α,β-unsaturated/α-hetero) is 2. The van der Waals surface area contributed by atoms with Crippen molar-refractivity contribution in [3.63, 3.8) is 0 Å². The summed E-state index contributed by atoms with van der Waals surface area (Å²) in [6.45, 7) is 3.64. The molecule has 31 heavy (non-hydrogen) atoms. The van der Waals surface area contributed by atoms with Gasteiger partial charge in [0, 0.05) is 23.9 Å². The van der Waals surface area contributed by atoms with E-state index in [0.717, 1.165) is 11.1 Å². The first kappa shape index (κ1) is 20.7. The lowest BCUT2D eigenvalue weighted by Crippen LogP contribution is -2.26. The molecule has 1 fully saturated rings. The number of hydrogen-bond acceptors (Lipinski definition) is 4. The summed E-state index contributed by atoms with van der Waals surface area (Å²) in [6, 6.07) is 20.7. The van der Waals surface area contributed by atoms with Gasteiger partial charge in [0.2, 0.25) is 0 Å². The van der Waals surface area contributed by atoms with E-state index in [-0.39, 0.29) is 35.2 Å². The zero-order valence-corrected chi connectivity index (χ0v) is 17.5. The van der Waals surface area contributed by atoms with E-state index >= 15 is 0 Å². The first-order valence-corrected chi connectivity index (χ1v) is 10.4. The number of hydrogen-bond donors (Lipinski definition) is 1. The van der Waals surface area contributed by atoms with Gasteiger partial charge in [-0.2, -0.15) is 0 Å². The number of nitrogens with zero attached hydrogens (tertiary/aromatic N) is 1. The summed E-state index contributed by atoms with van der Waals surface area (Å²) in [7, 11) is 0. The van der Waals surface area contributed by atoms with Gasteiger partial charge in [-0.15, -0.1) is 0 Å². The lowest BCUT2D eigenvalue weighted by Gasteiger charge is -2.05. The molecule has 0 radical (unpaired) electrons. The van der Waals surface area contributed by atoms with Crippen molar-refractivity contribution in [3.8, 4) is 0 Å². The number of aromatic nitrogens is 1. The number of rotatable bonds is 7. The van der Waals surface area contributed by atoms with E-state index in [1.165, 1.54) is 0 Å². The molecule has 2 aromatic carbocycles. The minimum atomic E-state index is -0.191. The number of carbonyl (C=O) groups is 3. The predicted molar refractivity (Wildman–Crippen MR) is 118 cm³/mol. The molecule has 0 saturated heterocycles. The van der Waals surface area contributed by atoms with Crippen molar-refractivity contribution in [2.24, 2.45) is 5.92 Å². The van der Waals surface area contributed by atoms with E-state index in [4.69, 9.17) is 0 Å². The van der Waals surface area contributed by atoms with Gasteiger partial charge in [-0.05, 0) is 54.9 Å². The van der Waals surface area contributed by atoms with Crippen LogP contribution < -0.4 is 5.32 Å². The highest BCUT2D eigenvalue weighted by Crippen LogP contribution is 2.60. The number of ketones is 2. The molecule has 1 amide bonds. The maximum absolute atomic E-state index is 12.5. The van der Waals surface area contributed by atoms with Crippen molar-refractivity contribution in [2.45, 2.75) is 25.7 Å². The predicted octanol–water partition coefficient (Wildman–Crippen LogP) is 4.41. The zero-order valence-electron chi connectivity index (χ0n) is 17.5. The molecule has 3 aromatic rings. The van der Waals surface area contributed by atoms with Gasteiger partial charge in [0.1, 0.15) is 5.69 Å². The Morgan fingerprint density at radius 1 is 0.774 bits per heavy atom. The van der Waals surface area contributed by atoms with Gasteiger partial charge in [-0.1, -0.05) is 54.6 Å². The Kier molecular flexibility index (Phi) is 5.76. The Hall–Kier alpha value is -3.60. The van der Waals surface area contributed by atoms with Gasteiger partial charge >= 0.3 is 0 Å². The third kappa shape index (κ3) is 4.45. The molecule has 4 rings (SSSR count). The van der Waals surface area contributed by atoms with Crippen LogP contribution in [0.15, 0.2) is 72.9 Å². The second kappa shape index (κ2) is 8.64. The van der Waals surface area contributed by atoms with Crippen LogP contribution in [0.2, 0.25) is 0 Å². The molecule has 5 heteroatoms. The van der Waals surface area contributed by atoms with Crippen LogP contribution in [0, 0.1) is 5.92 Å². The van der Waals surface area contributed by atoms with Crippen LogP contribution in [-0.4, -0.2) is 29.0 Å². The van der Waals surface area contributed by atoms with Crippen LogP contribution in [0.4, 0.5) is 0 Å². The quantitative estimate of drug-likeness (QED) is 0.583. The van der Waals surface area contributed by atoms with E-state index < -0.39 is 0 Å². The number of benzene rings is 2. The highest BCUT2D eigenvalue weighted by Gasteiger charge is 2.51. The number of pyridine rings is 1. The normalized spacial score (nSPS) is 19.5. The molecule has 0 spiro atoms. The molecule has 1 aliphatic rings. The van der Waals surface area contributed by atoms with Gasteiger partial charge in [-0.3, -0.25) is 19.4 Å². The zero-order chi connectivity index (χ0) is 22.0. The Morgan fingerprint density at radius 2 is 1.29 bits per heavy atom. The molecule has 156 valence electrons. The Balaban J connectivity index is 1.54. The van der Waals surface area contributed by atoms with E-state index in [2.05, 4.69) is 10.3 Å². The summed E-state index contributed by atoms with van der Waals surface area (Å²) in [5, 5.41) is 3.01. The second-order valence-electron chi connectivity index (χ2n) is 8.00. The van der Waals surface area contributed by atoms with Crippen molar-refractivity contribution in [2.75, 3.05) is 6.54 Å². The molecule has 1 aromatic heterocycles. The summed E-state index contributed by atoms with van der Waals surface area (Å²) in [5.41, 5.74) is 4.05. The maximum Gasteiger partial charge on any atom is 0.269 e. The van der Waals surface area contributed by atoms with Crippen molar-refractivity contribution in [3.05, 3.63) is 101 Å². The molecule has 0 bridgehead atoms. The summed E-state index contributed by atoms with van der Waals surface area (Å²) >= 11 is 0. The van der Waals surface area contributed by atoms with E-state index in [1.807, 2.05) is 48.5 Å². The fourth-order valence-electron chi connectivity index (χ4n) is 4.22. The molecule has 1 aliphatic carbocycles. The molecule has 5 nitrogen and oxygen atoms in total. The largest absolute Gasteiger partial charge is 0.350 e. The number of nitrogens with one attached hydrogen (secondary N) is 1. The van der Waals surface area contributed by atoms with Gasteiger partial charge < -0.3 is 5.32 Å². The van der Waals surface area contributed by atoms with Crippen molar-refractivity contribution in [1.29, 1.82) is 0 Å². The highest BCUT2D eigenvalue weighted by atomic mass is 16.2. The third-order valence-electron chi connectivity index (χ3n) is 5.97. The molecule has 0 aliphatic heterocycles.